The quantitative estimate of drug-likeness (QED) is 0.929. The van der Waals surface area contributed by atoms with Crippen LogP contribution in [0, 0.1) is 20.8 Å². The number of nitrogens with one attached hydrogen (secondary N) is 1. The number of rotatable bonds is 4. The van der Waals surface area contributed by atoms with Gasteiger partial charge in [0.05, 0.1) is 23.2 Å². The van der Waals surface area contributed by atoms with Crippen LogP contribution in [-0.2, 0) is 4.74 Å². The number of ether oxygens (including phenoxy) is 1. The number of hydrogen-bond acceptors (Lipinski definition) is 4. The minimum absolute atomic E-state index is 0.00480. The number of likely N-dealkylation sites (tertiary alicyclic amines) is 1. The summed E-state index contributed by atoms with van der Waals surface area (Å²) < 4.78 is 5.58. The third-order valence-corrected chi connectivity index (χ3v) is 5.26. The van der Waals surface area contributed by atoms with Gasteiger partial charge in [0, 0.05) is 31.3 Å². The van der Waals surface area contributed by atoms with Gasteiger partial charge in [-0.15, -0.1) is 0 Å². The molecule has 1 aromatic carbocycles. The van der Waals surface area contributed by atoms with Crippen molar-refractivity contribution in [3.05, 3.63) is 40.6 Å². The van der Waals surface area contributed by atoms with Crippen molar-refractivity contribution in [2.45, 2.75) is 39.8 Å². The molecule has 1 saturated heterocycles. The number of aryl methyl sites for hydroxylation is 2. The first-order chi connectivity index (χ1) is 11.9. The number of amides is 1. The lowest BCUT2D eigenvalue weighted by Gasteiger charge is -2.20. The van der Waals surface area contributed by atoms with E-state index in [0.717, 1.165) is 52.9 Å². The van der Waals surface area contributed by atoms with E-state index in [9.17, 15) is 4.79 Å². The third-order valence-electron chi connectivity index (χ3n) is 5.26. The van der Waals surface area contributed by atoms with Crippen molar-refractivity contribution in [3.63, 3.8) is 0 Å². The molecule has 0 saturated carbocycles. The first-order valence-corrected chi connectivity index (χ1v) is 8.88. The van der Waals surface area contributed by atoms with Gasteiger partial charge < -0.3 is 10.1 Å². The molecule has 0 bridgehead atoms. The highest BCUT2D eigenvalue weighted by Crippen LogP contribution is 2.24. The summed E-state index contributed by atoms with van der Waals surface area (Å²) in [5.41, 5.74) is 4.56. The monoisotopic (exact) mass is 341 g/mol. The maximum atomic E-state index is 13.1. The Morgan fingerprint density at radius 2 is 2.08 bits per heavy atom. The highest BCUT2D eigenvalue weighted by Gasteiger charge is 2.33. The summed E-state index contributed by atoms with van der Waals surface area (Å²) in [6.45, 7) is 10.7. The number of likely N-dealkylation sites (N-methyl/N-ethyl adjacent to an activating group) is 1. The maximum Gasteiger partial charge on any atom is 0.252 e. The zero-order valence-corrected chi connectivity index (χ0v) is 15.7. The Morgan fingerprint density at radius 1 is 1.32 bits per heavy atom. The molecule has 2 atom stereocenters. The molecule has 5 heteroatoms. The molecular formula is C20H27N3O2. The Kier molecular flexibility index (Phi) is 5.06. The van der Waals surface area contributed by atoms with Crippen LogP contribution in [0.2, 0.25) is 0 Å². The van der Waals surface area contributed by atoms with Gasteiger partial charge in [-0.3, -0.25) is 14.7 Å². The number of fused-ring (bicyclic) bond motifs is 1. The summed E-state index contributed by atoms with van der Waals surface area (Å²) in [6.07, 6.45) is 0.0279. The van der Waals surface area contributed by atoms with Crippen molar-refractivity contribution in [1.82, 2.24) is 15.2 Å². The number of aromatic nitrogens is 1. The van der Waals surface area contributed by atoms with Crippen LogP contribution < -0.4 is 5.32 Å². The first kappa shape index (κ1) is 17.8. The van der Waals surface area contributed by atoms with Gasteiger partial charge in [-0.2, -0.15) is 0 Å². The van der Waals surface area contributed by atoms with Crippen LogP contribution in [0.4, 0.5) is 0 Å². The standard InChI is InChI=1S/C20H27N3O2/c1-6-23-10-17(18(11-23)25-5)22-20(24)19-13(3)14(4)21-16-8-7-12(2)9-15(16)19/h7-9,17-18H,6,10-11H2,1-5H3,(H,22,24)/t17-,18-/m0/s1. The molecule has 0 spiro atoms. The van der Waals surface area contributed by atoms with Gasteiger partial charge >= 0.3 is 0 Å². The number of hydrogen-bond donors (Lipinski definition) is 1. The van der Waals surface area contributed by atoms with Gasteiger partial charge in [-0.05, 0) is 45.0 Å². The number of methoxy groups -OCH3 is 1. The average molecular weight is 341 g/mol. The molecule has 1 aliphatic rings. The van der Waals surface area contributed by atoms with Gasteiger partial charge in [0.2, 0.25) is 0 Å². The second-order valence-electron chi connectivity index (χ2n) is 6.92. The SMILES string of the molecule is CCN1C[C@H](NC(=O)c2c(C)c(C)nc3ccc(C)cc23)[C@@H](OC)C1. The van der Waals surface area contributed by atoms with Crippen molar-refractivity contribution in [1.29, 1.82) is 0 Å². The van der Waals surface area contributed by atoms with E-state index in [4.69, 9.17) is 4.74 Å². The van der Waals surface area contributed by atoms with Crippen LogP contribution in [-0.4, -0.2) is 54.7 Å². The fourth-order valence-electron chi connectivity index (χ4n) is 3.62. The lowest BCUT2D eigenvalue weighted by atomic mass is 9.99. The molecule has 1 N–H and O–H groups in total. The molecule has 5 nitrogen and oxygen atoms in total. The Bertz CT molecular complexity index is 803. The molecule has 1 aliphatic heterocycles. The molecular weight excluding hydrogens is 314 g/mol. The third kappa shape index (κ3) is 3.39. The topological polar surface area (TPSA) is 54.5 Å². The number of carbonyl (C=O) groups excluding carboxylic acids is 1. The van der Waals surface area contributed by atoms with Gasteiger partial charge in [-0.1, -0.05) is 18.6 Å². The van der Waals surface area contributed by atoms with E-state index in [1.807, 2.05) is 39.0 Å². The zero-order valence-electron chi connectivity index (χ0n) is 15.7. The summed E-state index contributed by atoms with van der Waals surface area (Å²) in [6, 6.07) is 6.07. The second-order valence-corrected chi connectivity index (χ2v) is 6.92. The van der Waals surface area contributed by atoms with Crippen LogP contribution in [0.25, 0.3) is 10.9 Å². The van der Waals surface area contributed by atoms with Gasteiger partial charge in [0.1, 0.15) is 0 Å². The Balaban J connectivity index is 1.97. The molecule has 1 fully saturated rings. The van der Waals surface area contributed by atoms with Gasteiger partial charge in [0.25, 0.3) is 5.91 Å². The normalized spacial score (nSPS) is 21.0. The Hall–Kier alpha value is -1.98. The van der Waals surface area contributed by atoms with Crippen molar-refractivity contribution >= 4 is 16.8 Å². The van der Waals surface area contributed by atoms with Crippen molar-refractivity contribution in [2.75, 3.05) is 26.7 Å². The maximum absolute atomic E-state index is 13.1. The Labute approximate surface area is 149 Å². The molecule has 0 unspecified atom stereocenters. The fraction of sp³-hybridized carbons (Fsp3) is 0.500. The largest absolute Gasteiger partial charge is 0.378 e. The number of pyridine rings is 1. The summed E-state index contributed by atoms with van der Waals surface area (Å²) in [7, 11) is 1.71. The van der Waals surface area contributed by atoms with E-state index >= 15 is 0 Å². The van der Waals surface area contributed by atoms with Crippen molar-refractivity contribution in [2.24, 2.45) is 0 Å². The molecule has 25 heavy (non-hydrogen) atoms. The van der Waals surface area contributed by atoms with E-state index < -0.39 is 0 Å². The summed E-state index contributed by atoms with van der Waals surface area (Å²) in [5, 5.41) is 4.12. The number of benzene rings is 1. The molecule has 2 aromatic rings. The van der Waals surface area contributed by atoms with E-state index in [0.29, 0.717) is 0 Å². The summed E-state index contributed by atoms with van der Waals surface area (Å²) >= 11 is 0. The number of carbonyl (C=O) groups is 1. The van der Waals surface area contributed by atoms with Crippen LogP contribution in [0.3, 0.4) is 0 Å². The summed E-state index contributed by atoms with van der Waals surface area (Å²) in [4.78, 5) is 20.1. The smallest absolute Gasteiger partial charge is 0.252 e. The van der Waals surface area contributed by atoms with Crippen molar-refractivity contribution in [3.8, 4) is 0 Å². The summed E-state index contributed by atoms with van der Waals surface area (Å²) in [5.74, 6) is -0.0383. The van der Waals surface area contributed by atoms with Crippen molar-refractivity contribution < 1.29 is 9.53 Å². The molecule has 1 aromatic heterocycles. The Morgan fingerprint density at radius 3 is 2.76 bits per heavy atom. The minimum Gasteiger partial charge on any atom is -0.378 e. The van der Waals surface area contributed by atoms with E-state index in [-0.39, 0.29) is 18.1 Å². The predicted molar refractivity (Wildman–Crippen MR) is 100 cm³/mol. The first-order valence-electron chi connectivity index (χ1n) is 8.88. The second kappa shape index (κ2) is 7.10. The highest BCUT2D eigenvalue weighted by atomic mass is 16.5. The van der Waals surface area contributed by atoms with Crippen LogP contribution in [0.1, 0.15) is 34.1 Å². The lowest BCUT2D eigenvalue weighted by Crippen LogP contribution is -2.44. The van der Waals surface area contributed by atoms with E-state index in [1.165, 1.54) is 0 Å². The minimum atomic E-state index is -0.0383. The molecule has 3 rings (SSSR count). The lowest BCUT2D eigenvalue weighted by molar-refractivity contribution is 0.0763. The number of nitrogens with zero attached hydrogens (tertiary/aromatic N) is 2. The average Bonchev–Trinajstić information content (AvgIpc) is 2.98. The fourth-order valence-corrected chi connectivity index (χ4v) is 3.62. The predicted octanol–water partition coefficient (Wildman–Crippen LogP) is 2.61. The molecule has 1 amide bonds. The molecule has 134 valence electrons. The van der Waals surface area contributed by atoms with Gasteiger partial charge in [0.15, 0.2) is 0 Å². The highest BCUT2D eigenvalue weighted by molar-refractivity contribution is 6.07. The molecule has 0 radical (unpaired) electrons. The van der Waals surface area contributed by atoms with Crippen LogP contribution >= 0.6 is 0 Å². The van der Waals surface area contributed by atoms with E-state index in [1.54, 1.807) is 7.11 Å². The van der Waals surface area contributed by atoms with E-state index in [2.05, 4.69) is 22.1 Å². The zero-order chi connectivity index (χ0) is 18.1. The van der Waals surface area contributed by atoms with Crippen LogP contribution in [0.5, 0.6) is 0 Å². The molecule has 2 heterocycles. The van der Waals surface area contributed by atoms with Crippen LogP contribution in [0.15, 0.2) is 18.2 Å². The molecule has 0 aliphatic carbocycles. The van der Waals surface area contributed by atoms with Gasteiger partial charge in [-0.25, -0.2) is 0 Å².